The van der Waals surface area contributed by atoms with Crippen molar-refractivity contribution >= 4 is 39.4 Å². The summed E-state index contributed by atoms with van der Waals surface area (Å²) in [5, 5.41) is 6.36. The molecule has 1 saturated heterocycles. The smallest absolute Gasteiger partial charge is 0.316 e. The Morgan fingerprint density at radius 3 is 2.63 bits per heavy atom. The molecule has 0 radical (unpaired) electrons. The molecule has 2 rings (SSSR count). The third-order valence-corrected chi connectivity index (χ3v) is 5.12. The molecule has 0 aliphatic carbocycles. The van der Waals surface area contributed by atoms with Gasteiger partial charge in [0.25, 0.3) is 0 Å². The molecule has 2 N–H and O–H groups in total. The van der Waals surface area contributed by atoms with Crippen LogP contribution in [0.2, 0.25) is 0 Å². The van der Waals surface area contributed by atoms with Gasteiger partial charge < -0.3 is 15.4 Å². The number of hydrogen-bond acceptors (Lipinski definition) is 8. The number of nitrogens with zero attached hydrogens (tertiary/aromatic N) is 3. The average Bonchev–Trinajstić information content (AvgIpc) is 2.67. The lowest BCUT2D eigenvalue weighted by atomic mass is 10.0. The molecular formula is C16H23N5O4S2. The second-order valence-corrected chi connectivity index (χ2v) is 6.88. The first-order chi connectivity index (χ1) is 12.9. The number of rotatable bonds is 5. The van der Waals surface area contributed by atoms with Gasteiger partial charge in [0.1, 0.15) is 17.5 Å². The maximum absolute atomic E-state index is 13.2. The van der Waals surface area contributed by atoms with Gasteiger partial charge in [-0.25, -0.2) is 0 Å². The van der Waals surface area contributed by atoms with Crippen LogP contribution in [0, 0.1) is 0 Å². The van der Waals surface area contributed by atoms with E-state index in [0.717, 1.165) is 13.1 Å². The zero-order valence-electron chi connectivity index (χ0n) is 15.4. The van der Waals surface area contributed by atoms with Crippen LogP contribution in [0.1, 0.15) is 11.6 Å². The first-order valence-corrected chi connectivity index (χ1v) is 9.76. The average molecular weight is 414 g/mol. The van der Waals surface area contributed by atoms with Gasteiger partial charge in [-0.3, -0.25) is 14.6 Å². The van der Waals surface area contributed by atoms with Gasteiger partial charge >= 0.3 is 10.5 Å². The maximum atomic E-state index is 13.2. The van der Waals surface area contributed by atoms with Crippen molar-refractivity contribution in [3.05, 3.63) is 23.8 Å². The fourth-order valence-corrected chi connectivity index (χ4v) is 3.32. The Hall–Kier alpha value is -2.08. The van der Waals surface area contributed by atoms with E-state index in [0.29, 0.717) is 29.5 Å². The Bertz CT molecular complexity index is 829. The molecule has 1 fully saturated rings. The van der Waals surface area contributed by atoms with Crippen LogP contribution in [0.3, 0.4) is 0 Å². The normalized spacial score (nSPS) is 15.5. The zero-order valence-corrected chi connectivity index (χ0v) is 17.1. The van der Waals surface area contributed by atoms with Gasteiger partial charge in [0, 0.05) is 40.3 Å². The predicted molar refractivity (Wildman–Crippen MR) is 106 cm³/mol. The molecule has 9 nitrogen and oxygen atoms in total. The van der Waals surface area contributed by atoms with Crippen LogP contribution in [0.15, 0.2) is 22.6 Å². The Morgan fingerprint density at radius 1 is 1.41 bits per heavy atom. The molecule has 0 aromatic heterocycles. The highest BCUT2D eigenvalue weighted by molar-refractivity contribution is 7.80. The Kier molecular flexibility index (Phi) is 7.66. The summed E-state index contributed by atoms with van der Waals surface area (Å²) in [5.41, 5.74) is 0.771. The van der Waals surface area contributed by atoms with Gasteiger partial charge in [0.05, 0.1) is 7.11 Å². The summed E-state index contributed by atoms with van der Waals surface area (Å²) >= 11 is 5.19. The quantitative estimate of drug-likeness (QED) is 0.665. The minimum atomic E-state index is -2.64. The van der Waals surface area contributed by atoms with Crippen LogP contribution >= 0.6 is 12.2 Å². The number of amides is 1. The lowest BCUT2D eigenvalue weighted by molar-refractivity contribution is -0.132. The minimum absolute atomic E-state index is 0.148. The highest BCUT2D eigenvalue weighted by Crippen LogP contribution is 2.33. The predicted octanol–water partition coefficient (Wildman–Crippen LogP) is 0.298. The van der Waals surface area contributed by atoms with Crippen LogP contribution in [0.5, 0.6) is 5.75 Å². The topological polar surface area (TPSA) is 103 Å². The van der Waals surface area contributed by atoms with Crippen molar-refractivity contribution in [3.63, 3.8) is 0 Å². The number of ether oxygens (including phenoxy) is 1. The molecule has 0 spiro atoms. The van der Waals surface area contributed by atoms with Gasteiger partial charge in [0.2, 0.25) is 5.91 Å². The minimum Gasteiger partial charge on any atom is -0.494 e. The molecule has 1 aromatic rings. The van der Waals surface area contributed by atoms with E-state index < -0.39 is 16.5 Å². The molecule has 11 heteroatoms. The van der Waals surface area contributed by atoms with Crippen molar-refractivity contribution in [3.8, 4) is 5.75 Å². The second-order valence-electron chi connectivity index (χ2n) is 5.88. The molecule has 1 unspecified atom stereocenters. The van der Waals surface area contributed by atoms with E-state index in [1.54, 1.807) is 32.3 Å². The number of carbonyl (C=O) groups is 1. The van der Waals surface area contributed by atoms with Crippen LogP contribution in [0.4, 0.5) is 5.69 Å². The molecule has 1 atom stereocenters. The Labute approximate surface area is 165 Å². The monoisotopic (exact) mass is 413 g/mol. The van der Waals surface area contributed by atoms with Crippen molar-refractivity contribution in [2.75, 3.05) is 47.4 Å². The fourth-order valence-electron chi connectivity index (χ4n) is 2.93. The van der Waals surface area contributed by atoms with Crippen LogP contribution in [-0.4, -0.2) is 76.6 Å². The molecule has 0 bridgehead atoms. The van der Waals surface area contributed by atoms with Crippen molar-refractivity contribution in [1.82, 2.24) is 20.4 Å². The summed E-state index contributed by atoms with van der Waals surface area (Å²) < 4.78 is 30.8. The molecule has 1 aromatic carbocycles. The van der Waals surface area contributed by atoms with Gasteiger partial charge in [-0.1, -0.05) is 6.07 Å². The number of thiocarbonyl (C=S) groups is 1. The van der Waals surface area contributed by atoms with Gasteiger partial charge in [-0.2, -0.15) is 8.42 Å². The SMILES string of the molecule is CNC(=S)N(C)C(=O)C(c1ccc(OC)c(N=S(=O)=O)c1)N1CCNCC1. The van der Waals surface area contributed by atoms with Crippen molar-refractivity contribution in [2.45, 2.75) is 6.04 Å². The molecule has 148 valence electrons. The lowest BCUT2D eigenvalue weighted by Gasteiger charge is -2.36. The van der Waals surface area contributed by atoms with Crippen LogP contribution < -0.4 is 15.4 Å². The number of carbonyl (C=O) groups excluding carboxylic acids is 1. The summed E-state index contributed by atoms with van der Waals surface area (Å²) in [5.74, 6) is 0.101. The third kappa shape index (κ3) is 5.22. The zero-order chi connectivity index (χ0) is 20.0. The summed E-state index contributed by atoms with van der Waals surface area (Å²) in [6.45, 7) is 2.84. The first-order valence-electron chi connectivity index (χ1n) is 8.32. The first kappa shape index (κ1) is 21.2. The van der Waals surface area contributed by atoms with Crippen molar-refractivity contribution < 1.29 is 17.9 Å². The van der Waals surface area contributed by atoms with Gasteiger partial charge in [-0.15, -0.1) is 4.36 Å². The Balaban J connectivity index is 2.51. The number of piperazine rings is 1. The molecule has 1 aliphatic heterocycles. The fraction of sp³-hybridized carbons (Fsp3) is 0.500. The summed E-state index contributed by atoms with van der Waals surface area (Å²) in [6, 6.07) is 4.30. The van der Waals surface area contributed by atoms with E-state index in [2.05, 4.69) is 15.0 Å². The van der Waals surface area contributed by atoms with E-state index in [1.807, 2.05) is 4.90 Å². The van der Waals surface area contributed by atoms with Crippen LogP contribution in [-0.2, 0) is 15.3 Å². The molecular weight excluding hydrogens is 390 g/mol. The second kappa shape index (κ2) is 9.74. The van der Waals surface area contributed by atoms with E-state index in [1.165, 1.54) is 12.0 Å². The maximum Gasteiger partial charge on any atom is 0.316 e. The molecule has 0 saturated carbocycles. The Morgan fingerprint density at radius 2 is 2.07 bits per heavy atom. The highest BCUT2D eigenvalue weighted by atomic mass is 32.2. The number of methoxy groups -OCH3 is 1. The summed E-state index contributed by atoms with van der Waals surface area (Å²) in [6.07, 6.45) is 0. The lowest BCUT2D eigenvalue weighted by Crippen LogP contribution is -2.51. The van der Waals surface area contributed by atoms with Gasteiger partial charge in [0.15, 0.2) is 5.11 Å². The number of hydrogen-bond donors (Lipinski definition) is 2. The van der Waals surface area contributed by atoms with E-state index in [-0.39, 0.29) is 11.6 Å². The van der Waals surface area contributed by atoms with E-state index >= 15 is 0 Å². The summed E-state index contributed by atoms with van der Waals surface area (Å²) in [4.78, 5) is 16.6. The third-order valence-electron chi connectivity index (χ3n) is 4.29. The van der Waals surface area contributed by atoms with E-state index in [4.69, 9.17) is 17.0 Å². The molecule has 1 heterocycles. The summed E-state index contributed by atoms with van der Waals surface area (Å²) in [7, 11) is 2.05. The van der Waals surface area contributed by atoms with Gasteiger partial charge in [-0.05, 0) is 29.9 Å². The number of benzene rings is 1. The van der Waals surface area contributed by atoms with Crippen LogP contribution in [0.25, 0.3) is 0 Å². The highest BCUT2D eigenvalue weighted by Gasteiger charge is 2.32. The van der Waals surface area contributed by atoms with Crippen molar-refractivity contribution in [1.29, 1.82) is 0 Å². The van der Waals surface area contributed by atoms with E-state index in [9.17, 15) is 13.2 Å². The molecule has 1 aliphatic rings. The number of nitrogens with one attached hydrogen (secondary N) is 2. The largest absolute Gasteiger partial charge is 0.494 e. The van der Waals surface area contributed by atoms with Crippen molar-refractivity contribution in [2.24, 2.45) is 4.36 Å². The molecule has 27 heavy (non-hydrogen) atoms. The standard InChI is InChI=1S/C16H23N5O4S2/c1-17-16(26)20(2)15(22)14(21-8-6-18-7-9-21)11-4-5-13(25-3)12(10-11)19-27(23)24/h4-5,10,14,18H,6-9H2,1-3H3,(H,17,26). The number of likely N-dealkylation sites (N-methyl/N-ethyl adjacent to an activating group) is 1. The molecule has 1 amide bonds.